The first-order valence-electron chi connectivity index (χ1n) is 5.39. The Kier molecular flexibility index (Phi) is 3.46. The van der Waals surface area contributed by atoms with Gasteiger partial charge < -0.3 is 16.2 Å². The van der Waals surface area contributed by atoms with Crippen molar-refractivity contribution >= 4 is 23.2 Å². The first-order valence-corrected chi connectivity index (χ1v) is 5.77. The highest BCUT2D eigenvalue weighted by atomic mass is 35.5. The number of aromatic nitrogens is 2. The first kappa shape index (κ1) is 11.4. The Morgan fingerprint density at radius 1 is 1.38 bits per heavy atom. The van der Waals surface area contributed by atoms with E-state index in [9.17, 15) is 5.11 Å². The molecule has 0 bridgehead atoms. The first-order chi connectivity index (χ1) is 7.68. The fraction of sp³-hybridized carbons (Fsp3) is 0.600. The predicted molar refractivity (Wildman–Crippen MR) is 63.3 cm³/mol. The van der Waals surface area contributed by atoms with Gasteiger partial charge in [0.25, 0.3) is 0 Å². The fourth-order valence-corrected chi connectivity index (χ4v) is 2.09. The number of anilines is 2. The molecule has 2 unspecified atom stereocenters. The molecular weight excluding hydrogens is 228 g/mol. The number of hydrogen-bond donors (Lipinski definition) is 3. The largest absolute Gasteiger partial charge is 0.391 e. The van der Waals surface area contributed by atoms with Crippen LogP contribution in [-0.2, 0) is 0 Å². The second-order valence-corrected chi connectivity index (χ2v) is 4.40. The van der Waals surface area contributed by atoms with Crippen LogP contribution in [-0.4, -0.2) is 27.2 Å². The lowest BCUT2D eigenvalue weighted by molar-refractivity contribution is 0.116. The van der Waals surface area contributed by atoms with E-state index in [1.54, 1.807) is 0 Å². The van der Waals surface area contributed by atoms with Gasteiger partial charge in [-0.25, -0.2) is 9.97 Å². The maximum atomic E-state index is 9.81. The fourth-order valence-electron chi connectivity index (χ4n) is 1.94. The zero-order valence-electron chi connectivity index (χ0n) is 8.86. The van der Waals surface area contributed by atoms with E-state index < -0.39 is 0 Å². The Morgan fingerprint density at radius 2 is 2.12 bits per heavy atom. The molecule has 1 saturated carbocycles. The van der Waals surface area contributed by atoms with E-state index in [0.29, 0.717) is 10.8 Å². The molecule has 16 heavy (non-hydrogen) atoms. The highest BCUT2D eigenvalue weighted by Gasteiger charge is 2.24. The van der Waals surface area contributed by atoms with E-state index >= 15 is 0 Å². The monoisotopic (exact) mass is 242 g/mol. The summed E-state index contributed by atoms with van der Waals surface area (Å²) in [5.74, 6) is 0.754. The van der Waals surface area contributed by atoms with Crippen LogP contribution in [0.25, 0.3) is 0 Å². The quantitative estimate of drug-likeness (QED) is 0.731. The van der Waals surface area contributed by atoms with Crippen molar-refractivity contribution in [1.29, 1.82) is 0 Å². The van der Waals surface area contributed by atoms with Crippen LogP contribution >= 0.6 is 11.6 Å². The van der Waals surface area contributed by atoms with Gasteiger partial charge in [0.15, 0.2) is 5.82 Å². The molecular formula is C10H15ClN4O. The van der Waals surface area contributed by atoms with Crippen LogP contribution in [0.2, 0.25) is 5.02 Å². The van der Waals surface area contributed by atoms with Gasteiger partial charge in [0.05, 0.1) is 12.1 Å². The van der Waals surface area contributed by atoms with Crippen LogP contribution in [0.15, 0.2) is 6.33 Å². The molecule has 6 heteroatoms. The van der Waals surface area contributed by atoms with E-state index in [0.717, 1.165) is 25.7 Å². The average Bonchev–Trinajstić information content (AvgIpc) is 2.28. The lowest BCUT2D eigenvalue weighted by Crippen LogP contribution is -2.36. The molecule has 5 nitrogen and oxygen atoms in total. The number of nitrogens with zero attached hydrogens (tertiary/aromatic N) is 2. The molecule has 2 atom stereocenters. The van der Waals surface area contributed by atoms with Crippen LogP contribution in [0.5, 0.6) is 0 Å². The van der Waals surface area contributed by atoms with Crippen molar-refractivity contribution in [2.45, 2.75) is 37.8 Å². The Labute approximate surface area is 99.0 Å². The molecule has 0 radical (unpaired) electrons. The third-order valence-corrected chi connectivity index (χ3v) is 3.24. The number of hydrogen-bond acceptors (Lipinski definition) is 5. The van der Waals surface area contributed by atoms with Crippen molar-refractivity contribution in [1.82, 2.24) is 9.97 Å². The van der Waals surface area contributed by atoms with E-state index in [4.69, 9.17) is 17.3 Å². The topological polar surface area (TPSA) is 84.1 Å². The summed E-state index contributed by atoms with van der Waals surface area (Å²) in [6, 6.07) is 0.000509. The molecule has 0 aromatic carbocycles. The molecule has 1 aliphatic carbocycles. The third kappa shape index (κ3) is 2.36. The van der Waals surface area contributed by atoms with Gasteiger partial charge in [-0.1, -0.05) is 24.4 Å². The number of nitrogens with one attached hydrogen (secondary N) is 1. The molecule has 0 spiro atoms. The molecule has 0 saturated heterocycles. The van der Waals surface area contributed by atoms with Crippen molar-refractivity contribution in [3.8, 4) is 0 Å². The van der Waals surface area contributed by atoms with Gasteiger partial charge in [0.1, 0.15) is 17.2 Å². The molecule has 0 amide bonds. The summed E-state index contributed by atoms with van der Waals surface area (Å²) < 4.78 is 0. The standard InChI is InChI=1S/C10H15ClN4O/c11-8-9(12)13-5-14-10(8)15-6-3-1-2-4-7(6)16/h5-7,16H,1-4H2,(H3,12,13,14,15). The van der Waals surface area contributed by atoms with Crippen molar-refractivity contribution in [3.63, 3.8) is 0 Å². The molecule has 4 N–H and O–H groups in total. The number of rotatable bonds is 2. The Bertz CT molecular complexity index is 374. The summed E-state index contributed by atoms with van der Waals surface area (Å²) in [5, 5.41) is 13.3. The summed E-state index contributed by atoms with van der Waals surface area (Å²) in [7, 11) is 0. The number of nitrogens with two attached hydrogens (primary N) is 1. The zero-order valence-corrected chi connectivity index (χ0v) is 9.61. The Morgan fingerprint density at radius 3 is 2.88 bits per heavy atom. The van der Waals surface area contributed by atoms with E-state index in [1.807, 2.05) is 0 Å². The van der Waals surface area contributed by atoms with E-state index in [2.05, 4.69) is 15.3 Å². The molecule has 0 aliphatic heterocycles. The number of halogens is 1. The lowest BCUT2D eigenvalue weighted by Gasteiger charge is -2.28. The minimum atomic E-state index is -0.346. The van der Waals surface area contributed by atoms with Crippen molar-refractivity contribution in [2.75, 3.05) is 11.1 Å². The molecule has 1 fully saturated rings. The maximum absolute atomic E-state index is 9.81. The van der Waals surface area contributed by atoms with Crippen molar-refractivity contribution in [2.24, 2.45) is 0 Å². The average molecular weight is 243 g/mol. The molecule has 1 aliphatic rings. The molecule has 1 aromatic heterocycles. The number of nitrogen functional groups attached to an aromatic ring is 1. The molecule has 88 valence electrons. The van der Waals surface area contributed by atoms with Gasteiger partial charge in [0.2, 0.25) is 0 Å². The third-order valence-electron chi connectivity index (χ3n) is 2.87. The van der Waals surface area contributed by atoms with Gasteiger partial charge in [-0.05, 0) is 12.8 Å². The second kappa shape index (κ2) is 4.84. The maximum Gasteiger partial charge on any atom is 0.150 e. The van der Waals surface area contributed by atoms with Gasteiger partial charge >= 0.3 is 0 Å². The summed E-state index contributed by atoms with van der Waals surface area (Å²) in [4.78, 5) is 7.81. The van der Waals surface area contributed by atoms with Crippen LogP contribution in [0.3, 0.4) is 0 Å². The molecule has 2 rings (SSSR count). The summed E-state index contributed by atoms with van der Waals surface area (Å²) in [6.45, 7) is 0. The van der Waals surface area contributed by atoms with Crippen LogP contribution in [0.1, 0.15) is 25.7 Å². The highest BCUT2D eigenvalue weighted by Crippen LogP contribution is 2.27. The van der Waals surface area contributed by atoms with Gasteiger partial charge in [0, 0.05) is 0 Å². The number of aliphatic hydroxyl groups is 1. The Balaban J connectivity index is 2.10. The van der Waals surface area contributed by atoms with E-state index in [1.165, 1.54) is 6.33 Å². The van der Waals surface area contributed by atoms with Gasteiger partial charge in [-0.3, -0.25) is 0 Å². The molecule has 1 heterocycles. The van der Waals surface area contributed by atoms with E-state index in [-0.39, 0.29) is 18.0 Å². The second-order valence-electron chi connectivity index (χ2n) is 4.02. The zero-order chi connectivity index (χ0) is 11.5. The van der Waals surface area contributed by atoms with Gasteiger partial charge in [-0.15, -0.1) is 0 Å². The predicted octanol–water partition coefficient (Wildman–Crippen LogP) is 1.43. The van der Waals surface area contributed by atoms with Crippen molar-refractivity contribution < 1.29 is 5.11 Å². The lowest BCUT2D eigenvalue weighted by atomic mass is 9.92. The Hall–Kier alpha value is -1.07. The minimum Gasteiger partial charge on any atom is -0.391 e. The summed E-state index contributed by atoms with van der Waals surface area (Å²) >= 11 is 5.97. The summed E-state index contributed by atoms with van der Waals surface area (Å²) in [5.41, 5.74) is 5.57. The van der Waals surface area contributed by atoms with Crippen LogP contribution < -0.4 is 11.1 Å². The van der Waals surface area contributed by atoms with Gasteiger partial charge in [-0.2, -0.15) is 0 Å². The SMILES string of the molecule is Nc1ncnc(NC2CCCCC2O)c1Cl. The summed E-state index contributed by atoms with van der Waals surface area (Å²) in [6.07, 6.45) is 4.92. The smallest absolute Gasteiger partial charge is 0.150 e. The normalized spacial score (nSPS) is 25.4. The number of aliphatic hydroxyl groups excluding tert-OH is 1. The highest BCUT2D eigenvalue weighted by molar-refractivity contribution is 6.35. The molecule has 1 aromatic rings. The minimum absolute atomic E-state index is 0.000509. The van der Waals surface area contributed by atoms with Crippen molar-refractivity contribution in [3.05, 3.63) is 11.3 Å². The van der Waals surface area contributed by atoms with Crippen LogP contribution in [0.4, 0.5) is 11.6 Å². The van der Waals surface area contributed by atoms with Crippen LogP contribution in [0, 0.1) is 0 Å².